The first-order valence-electron chi connectivity index (χ1n) is 9.14. The number of hydrogen-bond donors (Lipinski definition) is 2. The van der Waals surface area contributed by atoms with E-state index in [1.807, 2.05) is 54.6 Å². The molecule has 6 heteroatoms. The minimum atomic E-state index is -0.233. The van der Waals surface area contributed by atoms with Crippen molar-refractivity contribution in [3.8, 4) is 5.75 Å². The molecule has 0 unspecified atom stereocenters. The highest BCUT2D eigenvalue weighted by molar-refractivity contribution is 6.31. The van der Waals surface area contributed by atoms with Gasteiger partial charge in [-0.1, -0.05) is 29.8 Å². The SMILES string of the molecule is COc1ccc(Cl)cc1C(=O)CCC(=O)Nc1ccc(Nc2ccccc2)cc1. The lowest BCUT2D eigenvalue weighted by molar-refractivity contribution is -0.116. The predicted molar refractivity (Wildman–Crippen MR) is 116 cm³/mol. The minimum Gasteiger partial charge on any atom is -0.496 e. The van der Waals surface area contributed by atoms with Crippen molar-refractivity contribution in [3.63, 3.8) is 0 Å². The quantitative estimate of drug-likeness (QED) is 0.469. The van der Waals surface area contributed by atoms with Gasteiger partial charge in [0, 0.05) is 34.9 Å². The first-order chi connectivity index (χ1) is 14.0. The molecule has 0 aliphatic carbocycles. The van der Waals surface area contributed by atoms with Crippen molar-refractivity contribution < 1.29 is 14.3 Å². The van der Waals surface area contributed by atoms with Gasteiger partial charge in [-0.05, 0) is 54.6 Å². The van der Waals surface area contributed by atoms with Crippen LogP contribution < -0.4 is 15.4 Å². The molecule has 3 aromatic carbocycles. The van der Waals surface area contributed by atoms with E-state index in [9.17, 15) is 9.59 Å². The van der Waals surface area contributed by atoms with Crippen LogP contribution >= 0.6 is 11.6 Å². The lowest BCUT2D eigenvalue weighted by Crippen LogP contribution is -2.13. The van der Waals surface area contributed by atoms with E-state index in [2.05, 4.69) is 10.6 Å². The summed E-state index contributed by atoms with van der Waals surface area (Å²) in [7, 11) is 1.49. The van der Waals surface area contributed by atoms with E-state index in [1.165, 1.54) is 7.11 Å². The van der Waals surface area contributed by atoms with Gasteiger partial charge < -0.3 is 15.4 Å². The summed E-state index contributed by atoms with van der Waals surface area (Å²) in [5.74, 6) is 0.0198. The third kappa shape index (κ3) is 5.83. The lowest BCUT2D eigenvalue weighted by Gasteiger charge is -2.10. The number of methoxy groups -OCH3 is 1. The van der Waals surface area contributed by atoms with Crippen molar-refractivity contribution in [1.29, 1.82) is 0 Å². The van der Waals surface area contributed by atoms with Gasteiger partial charge in [0.2, 0.25) is 5.91 Å². The molecule has 29 heavy (non-hydrogen) atoms. The molecule has 0 heterocycles. The zero-order chi connectivity index (χ0) is 20.6. The third-order valence-corrected chi connectivity index (χ3v) is 4.51. The Morgan fingerprint density at radius 1 is 0.862 bits per heavy atom. The maximum Gasteiger partial charge on any atom is 0.224 e. The summed E-state index contributed by atoms with van der Waals surface area (Å²) in [5.41, 5.74) is 2.95. The first-order valence-corrected chi connectivity index (χ1v) is 9.51. The summed E-state index contributed by atoms with van der Waals surface area (Å²) in [6, 6.07) is 22.0. The molecule has 2 N–H and O–H groups in total. The normalized spacial score (nSPS) is 10.3. The van der Waals surface area contributed by atoms with Crippen LogP contribution in [0.15, 0.2) is 72.8 Å². The number of Topliss-reactive ketones (excluding diaryl/α,β-unsaturated/α-hetero) is 1. The van der Waals surface area contributed by atoms with Crippen LogP contribution in [0.5, 0.6) is 5.75 Å². The first kappa shape index (κ1) is 20.4. The molecule has 0 bridgehead atoms. The molecule has 0 saturated carbocycles. The molecule has 0 aliphatic rings. The van der Waals surface area contributed by atoms with Gasteiger partial charge in [0.05, 0.1) is 12.7 Å². The monoisotopic (exact) mass is 408 g/mol. The maximum atomic E-state index is 12.4. The average Bonchev–Trinajstić information content (AvgIpc) is 2.74. The second kappa shape index (κ2) is 9.75. The van der Waals surface area contributed by atoms with E-state index in [4.69, 9.17) is 16.3 Å². The summed E-state index contributed by atoms with van der Waals surface area (Å²) in [5, 5.41) is 6.53. The number of hydrogen-bond acceptors (Lipinski definition) is 4. The largest absolute Gasteiger partial charge is 0.496 e. The average molecular weight is 409 g/mol. The predicted octanol–water partition coefficient (Wildman–Crippen LogP) is 5.69. The number of amides is 1. The number of nitrogens with one attached hydrogen (secondary N) is 2. The number of carbonyl (C=O) groups excluding carboxylic acids is 2. The molecule has 0 spiro atoms. The molecule has 5 nitrogen and oxygen atoms in total. The van der Waals surface area contributed by atoms with Gasteiger partial charge >= 0.3 is 0 Å². The van der Waals surface area contributed by atoms with Crippen LogP contribution in [-0.2, 0) is 4.79 Å². The summed E-state index contributed by atoms with van der Waals surface area (Å²) >= 11 is 5.96. The molecule has 0 atom stereocenters. The highest BCUT2D eigenvalue weighted by atomic mass is 35.5. The fourth-order valence-electron chi connectivity index (χ4n) is 2.81. The van der Waals surface area contributed by atoms with E-state index in [0.29, 0.717) is 22.0 Å². The molecule has 0 fully saturated rings. The number of ketones is 1. The number of ether oxygens (including phenoxy) is 1. The Kier molecular flexibility index (Phi) is 6.87. The van der Waals surface area contributed by atoms with Gasteiger partial charge in [-0.3, -0.25) is 9.59 Å². The van der Waals surface area contributed by atoms with Crippen molar-refractivity contribution in [2.24, 2.45) is 0 Å². The summed E-state index contributed by atoms with van der Waals surface area (Å²) in [6.07, 6.45) is 0.134. The number of rotatable bonds is 8. The number of para-hydroxylation sites is 1. The molecular weight excluding hydrogens is 388 g/mol. The number of anilines is 3. The van der Waals surface area contributed by atoms with Crippen molar-refractivity contribution in [1.82, 2.24) is 0 Å². The molecule has 0 saturated heterocycles. The summed E-state index contributed by atoms with van der Waals surface area (Å²) in [6.45, 7) is 0. The number of halogens is 1. The number of benzene rings is 3. The van der Waals surface area contributed by atoms with Crippen molar-refractivity contribution in [2.75, 3.05) is 17.7 Å². The summed E-state index contributed by atoms with van der Waals surface area (Å²) in [4.78, 5) is 24.6. The third-order valence-electron chi connectivity index (χ3n) is 4.27. The molecule has 1 amide bonds. The van der Waals surface area contributed by atoms with Crippen LogP contribution in [0, 0.1) is 0 Å². The van der Waals surface area contributed by atoms with Gasteiger partial charge in [-0.25, -0.2) is 0 Å². The fraction of sp³-hybridized carbons (Fsp3) is 0.130. The van der Waals surface area contributed by atoms with Crippen molar-refractivity contribution in [2.45, 2.75) is 12.8 Å². The zero-order valence-corrected chi connectivity index (χ0v) is 16.7. The highest BCUT2D eigenvalue weighted by Crippen LogP contribution is 2.24. The van der Waals surface area contributed by atoms with Crippen molar-refractivity contribution in [3.05, 3.63) is 83.4 Å². The van der Waals surface area contributed by atoms with E-state index in [-0.39, 0.29) is 24.5 Å². The molecular formula is C23H21ClN2O3. The van der Waals surface area contributed by atoms with Crippen LogP contribution in [-0.4, -0.2) is 18.8 Å². The van der Waals surface area contributed by atoms with Gasteiger partial charge in [-0.2, -0.15) is 0 Å². The van der Waals surface area contributed by atoms with Gasteiger partial charge in [0.15, 0.2) is 5.78 Å². The standard InChI is InChI=1S/C23H21ClN2O3/c1-29-22-13-7-16(24)15-20(22)21(27)12-14-23(28)26-19-10-8-18(9-11-19)25-17-5-3-2-4-6-17/h2-11,13,15,25H,12,14H2,1H3,(H,26,28). The number of carbonyl (C=O) groups is 2. The second-order valence-corrected chi connectivity index (χ2v) is 6.82. The summed E-state index contributed by atoms with van der Waals surface area (Å²) < 4.78 is 5.19. The molecule has 3 rings (SSSR count). The van der Waals surface area contributed by atoms with Gasteiger partial charge in [-0.15, -0.1) is 0 Å². The van der Waals surface area contributed by atoms with Crippen LogP contribution in [0.25, 0.3) is 0 Å². The lowest BCUT2D eigenvalue weighted by atomic mass is 10.1. The van der Waals surface area contributed by atoms with Crippen LogP contribution in [0.1, 0.15) is 23.2 Å². The van der Waals surface area contributed by atoms with Gasteiger partial charge in [0.25, 0.3) is 0 Å². The highest BCUT2D eigenvalue weighted by Gasteiger charge is 2.15. The molecule has 0 aliphatic heterocycles. The zero-order valence-electron chi connectivity index (χ0n) is 15.9. The topological polar surface area (TPSA) is 67.4 Å². The molecule has 3 aromatic rings. The Bertz CT molecular complexity index is 989. The smallest absolute Gasteiger partial charge is 0.224 e. The maximum absolute atomic E-state index is 12.4. The Morgan fingerprint density at radius 2 is 1.52 bits per heavy atom. The Labute approximate surface area is 174 Å². The Balaban J connectivity index is 1.53. The molecule has 148 valence electrons. The minimum absolute atomic E-state index is 0.0657. The van der Waals surface area contributed by atoms with Gasteiger partial charge in [0.1, 0.15) is 5.75 Å². The Morgan fingerprint density at radius 3 is 2.21 bits per heavy atom. The van der Waals surface area contributed by atoms with Crippen LogP contribution in [0.2, 0.25) is 5.02 Å². The fourth-order valence-corrected chi connectivity index (χ4v) is 2.98. The molecule has 0 aromatic heterocycles. The second-order valence-electron chi connectivity index (χ2n) is 6.38. The van der Waals surface area contributed by atoms with Crippen LogP contribution in [0.3, 0.4) is 0 Å². The molecule has 0 radical (unpaired) electrons. The Hall–Kier alpha value is -3.31. The van der Waals surface area contributed by atoms with E-state index in [0.717, 1.165) is 11.4 Å². The van der Waals surface area contributed by atoms with Crippen molar-refractivity contribution >= 4 is 40.4 Å². The van der Waals surface area contributed by atoms with E-state index < -0.39 is 0 Å². The van der Waals surface area contributed by atoms with E-state index in [1.54, 1.807) is 18.2 Å². The van der Waals surface area contributed by atoms with Crippen LogP contribution in [0.4, 0.5) is 17.1 Å². The van der Waals surface area contributed by atoms with E-state index >= 15 is 0 Å².